The van der Waals surface area contributed by atoms with Gasteiger partial charge >= 0.3 is 0 Å². The van der Waals surface area contributed by atoms with Gasteiger partial charge in [-0.3, -0.25) is 9.89 Å². The number of rotatable bonds is 8. The van der Waals surface area contributed by atoms with Gasteiger partial charge in [-0.25, -0.2) is 4.39 Å². The third kappa shape index (κ3) is 7.94. The predicted molar refractivity (Wildman–Crippen MR) is 123 cm³/mol. The second kappa shape index (κ2) is 12.8. The molecule has 2 aromatic rings. The molecule has 1 saturated heterocycles. The Balaban J connectivity index is 0.00000300. The third-order valence-electron chi connectivity index (χ3n) is 4.76. The van der Waals surface area contributed by atoms with Crippen LogP contribution in [0.3, 0.4) is 0 Å². The van der Waals surface area contributed by atoms with Gasteiger partial charge in [-0.1, -0.05) is 12.1 Å². The maximum atomic E-state index is 13.4. The van der Waals surface area contributed by atoms with Crippen molar-refractivity contribution in [2.75, 3.05) is 53.0 Å². The van der Waals surface area contributed by atoms with E-state index in [0.717, 1.165) is 63.0 Å². The van der Waals surface area contributed by atoms with Crippen LogP contribution in [0.5, 0.6) is 0 Å². The molecule has 0 bridgehead atoms. The minimum atomic E-state index is -0.176. The van der Waals surface area contributed by atoms with Gasteiger partial charge < -0.3 is 19.4 Å². The summed E-state index contributed by atoms with van der Waals surface area (Å²) in [6.45, 7) is 6.37. The molecular weight excluding hydrogens is 486 g/mol. The van der Waals surface area contributed by atoms with Crippen LogP contribution >= 0.6 is 24.0 Å². The van der Waals surface area contributed by atoms with Gasteiger partial charge in [0.05, 0.1) is 19.4 Å². The largest absolute Gasteiger partial charge is 0.469 e. The van der Waals surface area contributed by atoms with Gasteiger partial charge in [0, 0.05) is 52.8 Å². The molecule has 0 amide bonds. The summed E-state index contributed by atoms with van der Waals surface area (Å²) in [6, 6.07) is 10.7. The lowest BCUT2D eigenvalue weighted by Crippen LogP contribution is -2.52. The van der Waals surface area contributed by atoms with Gasteiger partial charge in [0.25, 0.3) is 0 Å². The van der Waals surface area contributed by atoms with Crippen LogP contribution in [0.2, 0.25) is 0 Å². The number of nitrogens with zero attached hydrogens (tertiary/aromatic N) is 3. The molecule has 6 nitrogen and oxygen atoms in total. The van der Waals surface area contributed by atoms with Gasteiger partial charge in [0.2, 0.25) is 0 Å². The van der Waals surface area contributed by atoms with Crippen molar-refractivity contribution in [1.82, 2.24) is 15.1 Å². The first kappa shape index (κ1) is 23.6. The molecule has 0 radical (unpaired) electrons. The van der Waals surface area contributed by atoms with Gasteiger partial charge in [-0.2, -0.15) is 0 Å². The molecule has 0 aliphatic carbocycles. The first-order valence-electron chi connectivity index (χ1n) is 9.76. The molecule has 3 rings (SSSR count). The second-order valence-corrected chi connectivity index (χ2v) is 6.85. The summed E-state index contributed by atoms with van der Waals surface area (Å²) in [7, 11) is 1.69. The molecule has 0 saturated carbocycles. The van der Waals surface area contributed by atoms with Crippen molar-refractivity contribution in [3.63, 3.8) is 0 Å². The zero-order chi connectivity index (χ0) is 19.6. The van der Waals surface area contributed by atoms with Gasteiger partial charge in [0.15, 0.2) is 5.96 Å². The van der Waals surface area contributed by atoms with Crippen molar-refractivity contribution in [3.05, 3.63) is 59.8 Å². The lowest BCUT2D eigenvalue weighted by Gasteiger charge is -2.36. The molecule has 1 aromatic heterocycles. The molecule has 0 spiro atoms. The summed E-state index contributed by atoms with van der Waals surface area (Å²) in [6.07, 6.45) is 2.51. The SMILES string of the molecule is COCCN=C(NCCc1ccco1)N1CCN(Cc2cccc(F)c2)CC1.I. The number of hydrogen-bond donors (Lipinski definition) is 1. The number of benzene rings is 1. The van der Waals surface area contributed by atoms with E-state index >= 15 is 0 Å². The maximum absolute atomic E-state index is 13.4. The Morgan fingerprint density at radius 3 is 2.72 bits per heavy atom. The van der Waals surface area contributed by atoms with Crippen molar-refractivity contribution in [2.24, 2.45) is 4.99 Å². The van der Waals surface area contributed by atoms with Crippen molar-refractivity contribution in [1.29, 1.82) is 0 Å². The van der Waals surface area contributed by atoms with Crippen LogP contribution < -0.4 is 5.32 Å². The monoisotopic (exact) mass is 516 g/mol. The Labute approximate surface area is 189 Å². The highest BCUT2D eigenvalue weighted by atomic mass is 127. The number of aliphatic imine (C=N–C) groups is 1. The van der Waals surface area contributed by atoms with Crippen molar-refractivity contribution >= 4 is 29.9 Å². The Kier molecular flexibility index (Phi) is 10.4. The highest BCUT2D eigenvalue weighted by molar-refractivity contribution is 14.0. The highest BCUT2D eigenvalue weighted by Gasteiger charge is 2.20. The molecule has 1 fully saturated rings. The Hall–Kier alpha value is -1.65. The average molecular weight is 516 g/mol. The fourth-order valence-electron chi connectivity index (χ4n) is 3.27. The number of halogens is 2. The van der Waals surface area contributed by atoms with Crippen LogP contribution in [0.15, 0.2) is 52.1 Å². The number of methoxy groups -OCH3 is 1. The van der Waals surface area contributed by atoms with E-state index in [0.29, 0.717) is 13.2 Å². The quantitative estimate of drug-likeness (QED) is 0.253. The summed E-state index contributed by atoms with van der Waals surface area (Å²) in [5.41, 5.74) is 1.01. The number of nitrogens with one attached hydrogen (secondary N) is 1. The van der Waals surface area contributed by atoms with E-state index in [1.165, 1.54) is 6.07 Å². The van der Waals surface area contributed by atoms with Crippen LogP contribution in [0.25, 0.3) is 0 Å². The number of furan rings is 1. The minimum absolute atomic E-state index is 0. The van der Waals surface area contributed by atoms with Crippen LogP contribution in [-0.2, 0) is 17.7 Å². The van der Waals surface area contributed by atoms with E-state index in [4.69, 9.17) is 9.15 Å². The van der Waals surface area contributed by atoms with Gasteiger partial charge in [0.1, 0.15) is 11.6 Å². The number of ether oxygens (including phenoxy) is 1. The summed E-state index contributed by atoms with van der Waals surface area (Å²) in [4.78, 5) is 9.31. The number of piperazine rings is 1. The Bertz CT molecular complexity index is 734. The number of hydrogen-bond acceptors (Lipinski definition) is 4. The molecule has 1 aliphatic heterocycles. The van der Waals surface area contributed by atoms with E-state index in [9.17, 15) is 4.39 Å². The highest BCUT2D eigenvalue weighted by Crippen LogP contribution is 2.10. The Morgan fingerprint density at radius 2 is 2.03 bits per heavy atom. The fourth-order valence-corrected chi connectivity index (χ4v) is 3.27. The first-order chi connectivity index (χ1) is 13.7. The zero-order valence-corrected chi connectivity index (χ0v) is 19.2. The molecule has 160 valence electrons. The molecule has 8 heteroatoms. The predicted octanol–water partition coefficient (Wildman–Crippen LogP) is 2.99. The molecule has 1 aliphatic rings. The van der Waals surface area contributed by atoms with Crippen LogP contribution in [0, 0.1) is 5.82 Å². The first-order valence-corrected chi connectivity index (χ1v) is 9.76. The lowest BCUT2D eigenvalue weighted by atomic mass is 10.2. The average Bonchev–Trinajstić information content (AvgIpc) is 3.21. The Morgan fingerprint density at radius 1 is 1.21 bits per heavy atom. The summed E-state index contributed by atoms with van der Waals surface area (Å²) in [5.74, 6) is 1.70. The molecule has 1 N–H and O–H groups in total. The molecule has 0 atom stereocenters. The smallest absolute Gasteiger partial charge is 0.194 e. The molecular formula is C21H30FIN4O2. The van der Waals surface area contributed by atoms with Gasteiger partial charge in [-0.05, 0) is 29.8 Å². The fraction of sp³-hybridized carbons (Fsp3) is 0.476. The van der Waals surface area contributed by atoms with Crippen molar-refractivity contribution in [3.8, 4) is 0 Å². The summed E-state index contributed by atoms with van der Waals surface area (Å²) in [5, 5.41) is 3.45. The minimum Gasteiger partial charge on any atom is -0.469 e. The van der Waals surface area contributed by atoms with E-state index in [1.54, 1.807) is 25.5 Å². The van der Waals surface area contributed by atoms with E-state index in [2.05, 4.69) is 20.1 Å². The van der Waals surface area contributed by atoms with Crippen LogP contribution in [0.4, 0.5) is 4.39 Å². The van der Waals surface area contributed by atoms with E-state index < -0.39 is 0 Å². The lowest BCUT2D eigenvalue weighted by molar-refractivity contribution is 0.171. The summed E-state index contributed by atoms with van der Waals surface area (Å²) < 4.78 is 23.9. The molecule has 0 unspecified atom stereocenters. The normalized spacial score (nSPS) is 15.2. The molecule has 29 heavy (non-hydrogen) atoms. The maximum Gasteiger partial charge on any atom is 0.194 e. The zero-order valence-electron chi connectivity index (χ0n) is 16.8. The topological polar surface area (TPSA) is 53.2 Å². The van der Waals surface area contributed by atoms with Crippen LogP contribution in [0.1, 0.15) is 11.3 Å². The van der Waals surface area contributed by atoms with Crippen molar-refractivity contribution in [2.45, 2.75) is 13.0 Å². The molecule has 1 aromatic carbocycles. The van der Waals surface area contributed by atoms with E-state index in [-0.39, 0.29) is 29.8 Å². The van der Waals surface area contributed by atoms with Crippen LogP contribution in [-0.4, -0.2) is 68.7 Å². The van der Waals surface area contributed by atoms with E-state index in [1.807, 2.05) is 18.2 Å². The molecule has 2 heterocycles. The third-order valence-corrected chi connectivity index (χ3v) is 4.76. The summed E-state index contributed by atoms with van der Waals surface area (Å²) >= 11 is 0. The standard InChI is InChI=1S/C21H29FN4O2.HI/c1-27-15-9-24-21(23-8-7-20-6-3-14-28-20)26-12-10-25(11-13-26)17-18-4-2-5-19(22)16-18;/h2-6,14,16H,7-13,15,17H2,1H3,(H,23,24);1H. The van der Waals surface area contributed by atoms with Gasteiger partial charge in [-0.15, -0.1) is 24.0 Å². The second-order valence-electron chi connectivity index (χ2n) is 6.85. The number of guanidine groups is 1. The van der Waals surface area contributed by atoms with Crippen molar-refractivity contribution < 1.29 is 13.5 Å².